The van der Waals surface area contributed by atoms with Gasteiger partial charge in [-0.05, 0) is 29.8 Å². The van der Waals surface area contributed by atoms with Gasteiger partial charge in [0.2, 0.25) is 0 Å². The lowest BCUT2D eigenvalue weighted by molar-refractivity contribution is 0.0953. The van der Waals surface area contributed by atoms with E-state index >= 15 is 0 Å². The van der Waals surface area contributed by atoms with Crippen molar-refractivity contribution in [3.8, 4) is 0 Å². The maximum atomic E-state index is 11.4. The number of nitrogens with two attached hydrogens (primary N) is 2. The Bertz CT molecular complexity index is 618. The van der Waals surface area contributed by atoms with Crippen LogP contribution in [-0.4, -0.2) is 10.9 Å². The number of benzene rings is 1. The number of nitrogens with zero attached hydrogens (tertiary/aromatic N) is 1. The van der Waals surface area contributed by atoms with Crippen molar-refractivity contribution in [2.45, 2.75) is 10.8 Å². The fraction of sp³-hybridized carbons (Fsp3) is 0.0769. The molecule has 1 aromatic heterocycles. The Labute approximate surface area is 129 Å². The van der Waals surface area contributed by atoms with Crippen molar-refractivity contribution in [3.05, 3.63) is 52.1 Å². The summed E-state index contributed by atoms with van der Waals surface area (Å²) in [5, 5.41) is 0.898. The Morgan fingerprint density at radius 3 is 2.75 bits per heavy atom. The van der Waals surface area contributed by atoms with Crippen molar-refractivity contribution in [2.24, 2.45) is 5.84 Å². The van der Waals surface area contributed by atoms with Crippen LogP contribution in [0.4, 0.5) is 5.69 Å². The molecule has 20 heavy (non-hydrogen) atoms. The minimum absolute atomic E-state index is 0.315. The SMILES string of the molecule is NNC(=O)c1ccc(CSc2ccc(N)cn2)c(Br)c1. The van der Waals surface area contributed by atoms with Gasteiger partial charge in [-0.2, -0.15) is 0 Å². The van der Waals surface area contributed by atoms with Crippen molar-refractivity contribution >= 4 is 39.3 Å². The molecule has 0 saturated carbocycles. The summed E-state index contributed by atoms with van der Waals surface area (Å²) < 4.78 is 0.863. The van der Waals surface area contributed by atoms with Crippen molar-refractivity contribution < 1.29 is 4.79 Å². The Kier molecular flexibility index (Phi) is 4.99. The standard InChI is InChI=1S/C13H13BrN4OS/c14-11-5-8(13(19)18-16)1-2-9(11)7-20-12-4-3-10(15)6-17-12/h1-6H,7,15-16H2,(H,18,19). The van der Waals surface area contributed by atoms with Crippen LogP contribution in [-0.2, 0) is 5.75 Å². The highest BCUT2D eigenvalue weighted by atomic mass is 79.9. The molecule has 7 heteroatoms. The van der Waals surface area contributed by atoms with E-state index in [9.17, 15) is 4.79 Å². The van der Waals surface area contributed by atoms with Gasteiger partial charge in [-0.3, -0.25) is 10.2 Å². The largest absolute Gasteiger partial charge is 0.397 e. The van der Waals surface area contributed by atoms with Crippen LogP contribution >= 0.6 is 27.7 Å². The minimum atomic E-state index is -0.315. The lowest BCUT2D eigenvalue weighted by Crippen LogP contribution is -2.29. The summed E-state index contributed by atoms with van der Waals surface area (Å²) in [5.74, 6) is 5.53. The molecule has 0 aliphatic carbocycles. The number of hydrogen-bond acceptors (Lipinski definition) is 5. The lowest BCUT2D eigenvalue weighted by atomic mass is 10.1. The van der Waals surface area contributed by atoms with Gasteiger partial charge in [-0.25, -0.2) is 10.8 Å². The highest BCUT2D eigenvalue weighted by Crippen LogP contribution is 2.26. The van der Waals surface area contributed by atoms with Crippen LogP contribution in [0.3, 0.4) is 0 Å². The van der Waals surface area contributed by atoms with Gasteiger partial charge in [0.25, 0.3) is 5.91 Å². The van der Waals surface area contributed by atoms with E-state index in [1.54, 1.807) is 30.1 Å². The first kappa shape index (κ1) is 14.8. The maximum Gasteiger partial charge on any atom is 0.265 e. The topological polar surface area (TPSA) is 94.0 Å². The fourth-order valence-electron chi connectivity index (χ4n) is 1.52. The molecule has 2 aromatic rings. The van der Waals surface area contributed by atoms with Crippen LogP contribution < -0.4 is 17.0 Å². The number of carbonyl (C=O) groups excluding carboxylic acids is 1. The molecule has 0 unspecified atom stereocenters. The number of aromatic nitrogens is 1. The number of pyridine rings is 1. The van der Waals surface area contributed by atoms with Crippen LogP contribution in [0.25, 0.3) is 0 Å². The molecule has 5 N–H and O–H groups in total. The Balaban J connectivity index is 2.06. The molecule has 0 spiro atoms. The molecule has 1 aromatic carbocycles. The van der Waals surface area contributed by atoms with E-state index in [-0.39, 0.29) is 5.91 Å². The molecule has 5 nitrogen and oxygen atoms in total. The third-order valence-corrected chi connectivity index (χ3v) is 4.31. The average Bonchev–Trinajstić information content (AvgIpc) is 2.46. The summed E-state index contributed by atoms with van der Waals surface area (Å²) in [6.07, 6.45) is 1.63. The Morgan fingerprint density at radius 1 is 1.35 bits per heavy atom. The zero-order chi connectivity index (χ0) is 14.5. The van der Waals surface area contributed by atoms with Crippen LogP contribution in [0.5, 0.6) is 0 Å². The van der Waals surface area contributed by atoms with Crippen molar-refractivity contribution in [1.82, 2.24) is 10.4 Å². The quantitative estimate of drug-likeness (QED) is 0.339. The summed E-state index contributed by atoms with van der Waals surface area (Å²) in [4.78, 5) is 15.6. The summed E-state index contributed by atoms with van der Waals surface area (Å²) >= 11 is 5.05. The zero-order valence-corrected chi connectivity index (χ0v) is 12.9. The highest BCUT2D eigenvalue weighted by molar-refractivity contribution is 9.10. The minimum Gasteiger partial charge on any atom is -0.397 e. The number of rotatable bonds is 4. The van der Waals surface area contributed by atoms with Gasteiger partial charge < -0.3 is 5.73 Å². The molecule has 104 valence electrons. The monoisotopic (exact) mass is 352 g/mol. The molecular formula is C13H13BrN4OS. The number of halogens is 1. The first-order chi connectivity index (χ1) is 9.60. The second-order valence-corrected chi connectivity index (χ2v) is 5.85. The van der Waals surface area contributed by atoms with Gasteiger partial charge in [0.15, 0.2) is 0 Å². The molecule has 1 amide bonds. The molecule has 0 radical (unpaired) electrons. The first-order valence-electron chi connectivity index (χ1n) is 5.74. The van der Waals surface area contributed by atoms with Gasteiger partial charge in [0, 0.05) is 15.8 Å². The van der Waals surface area contributed by atoms with E-state index in [0.29, 0.717) is 11.3 Å². The zero-order valence-electron chi connectivity index (χ0n) is 10.5. The van der Waals surface area contributed by atoms with E-state index in [1.807, 2.05) is 18.2 Å². The Morgan fingerprint density at radius 2 is 2.15 bits per heavy atom. The first-order valence-corrected chi connectivity index (χ1v) is 7.51. The van der Waals surface area contributed by atoms with Gasteiger partial charge in [0.05, 0.1) is 16.9 Å². The van der Waals surface area contributed by atoms with Crippen LogP contribution in [0, 0.1) is 0 Å². The van der Waals surface area contributed by atoms with Crippen molar-refractivity contribution in [1.29, 1.82) is 0 Å². The number of thioether (sulfide) groups is 1. The smallest absolute Gasteiger partial charge is 0.265 e. The normalized spacial score (nSPS) is 10.3. The number of amides is 1. The molecule has 0 aliphatic rings. The summed E-state index contributed by atoms with van der Waals surface area (Å²) in [5.41, 5.74) is 9.92. The van der Waals surface area contributed by atoms with E-state index in [4.69, 9.17) is 11.6 Å². The van der Waals surface area contributed by atoms with Crippen LogP contribution in [0.2, 0.25) is 0 Å². The Hall–Kier alpha value is -1.57. The third kappa shape index (κ3) is 3.72. The third-order valence-electron chi connectivity index (χ3n) is 2.58. The second kappa shape index (κ2) is 6.74. The molecule has 0 saturated heterocycles. The second-order valence-electron chi connectivity index (χ2n) is 4.00. The summed E-state index contributed by atoms with van der Waals surface area (Å²) in [6.45, 7) is 0. The van der Waals surface area contributed by atoms with Crippen LogP contribution in [0.15, 0.2) is 46.0 Å². The molecule has 0 bridgehead atoms. The van der Waals surface area contributed by atoms with Gasteiger partial charge in [-0.1, -0.05) is 22.0 Å². The highest BCUT2D eigenvalue weighted by Gasteiger charge is 2.07. The predicted octanol–water partition coefficient (Wildman–Crippen LogP) is 2.32. The van der Waals surface area contributed by atoms with Gasteiger partial charge in [0.1, 0.15) is 0 Å². The van der Waals surface area contributed by atoms with E-state index in [2.05, 4.69) is 26.3 Å². The number of hydrogen-bond donors (Lipinski definition) is 3. The summed E-state index contributed by atoms with van der Waals surface area (Å²) in [6, 6.07) is 9.07. The summed E-state index contributed by atoms with van der Waals surface area (Å²) in [7, 11) is 0. The van der Waals surface area contributed by atoms with E-state index < -0.39 is 0 Å². The lowest BCUT2D eigenvalue weighted by Gasteiger charge is -2.06. The molecular weight excluding hydrogens is 340 g/mol. The number of nitrogen functional groups attached to an aromatic ring is 2. The van der Waals surface area contributed by atoms with E-state index in [1.165, 1.54) is 0 Å². The van der Waals surface area contributed by atoms with Gasteiger partial charge >= 0.3 is 0 Å². The average molecular weight is 353 g/mol. The van der Waals surface area contributed by atoms with Crippen molar-refractivity contribution in [3.63, 3.8) is 0 Å². The number of carbonyl (C=O) groups is 1. The van der Waals surface area contributed by atoms with Crippen molar-refractivity contribution in [2.75, 3.05) is 5.73 Å². The molecule has 1 heterocycles. The number of anilines is 1. The van der Waals surface area contributed by atoms with E-state index in [0.717, 1.165) is 20.8 Å². The molecule has 0 fully saturated rings. The fourth-order valence-corrected chi connectivity index (χ4v) is 3.07. The molecule has 2 rings (SSSR count). The predicted molar refractivity (Wildman–Crippen MR) is 84.0 cm³/mol. The van der Waals surface area contributed by atoms with Crippen LogP contribution in [0.1, 0.15) is 15.9 Å². The number of hydrazine groups is 1. The van der Waals surface area contributed by atoms with Gasteiger partial charge in [-0.15, -0.1) is 11.8 Å². The maximum absolute atomic E-state index is 11.4. The molecule has 0 aliphatic heterocycles. The molecule has 0 atom stereocenters. The number of nitrogens with one attached hydrogen (secondary N) is 1.